The van der Waals surface area contributed by atoms with E-state index in [4.69, 9.17) is 0 Å². The maximum atomic E-state index is 12.7. The van der Waals surface area contributed by atoms with Crippen molar-refractivity contribution in [1.29, 1.82) is 0 Å². The fourth-order valence-corrected chi connectivity index (χ4v) is 5.45. The minimum absolute atomic E-state index is 0.0404. The summed E-state index contributed by atoms with van der Waals surface area (Å²) in [6, 6.07) is 33.1. The van der Waals surface area contributed by atoms with Crippen molar-refractivity contribution < 1.29 is 19.2 Å². The lowest BCUT2D eigenvalue weighted by Crippen LogP contribution is -2.23. The van der Waals surface area contributed by atoms with Gasteiger partial charge in [0.05, 0.1) is 0 Å². The molecule has 0 heterocycles. The molecule has 40 heavy (non-hydrogen) atoms. The highest BCUT2D eigenvalue weighted by atomic mass is 16.1. The molecule has 0 aliphatic heterocycles. The lowest BCUT2D eigenvalue weighted by atomic mass is 9.80. The van der Waals surface area contributed by atoms with Gasteiger partial charge in [0.15, 0.2) is 23.1 Å². The second kappa shape index (κ2) is 9.83. The summed E-state index contributed by atoms with van der Waals surface area (Å²) < 4.78 is 0. The Labute approximate surface area is 231 Å². The van der Waals surface area contributed by atoms with Crippen LogP contribution in [0, 0.1) is 13.8 Å². The Balaban J connectivity index is 0.000000148. The zero-order valence-electron chi connectivity index (χ0n) is 22.0. The highest BCUT2D eigenvalue weighted by Gasteiger charge is 2.32. The lowest BCUT2D eigenvalue weighted by molar-refractivity contribution is 0.0978. The number of fused-ring (bicyclic) bond motifs is 4. The predicted molar refractivity (Wildman–Crippen MR) is 154 cm³/mol. The maximum Gasteiger partial charge on any atom is 0.194 e. The first-order chi connectivity index (χ1) is 19.4. The summed E-state index contributed by atoms with van der Waals surface area (Å²) in [7, 11) is 0. The standard InChI is InChI=1S/C20H12O2.C16H12O2/c21-19-15-8-4-5-9-16(15)20(22)18-12-14(10-11-17(18)19)13-6-2-1-3-7-13;1-9-7-8-10(2)14-13(9)15(17)11-5-3-4-6-12(11)16(14)18/h1-12H;3-8H,1-2H3. The fourth-order valence-electron chi connectivity index (χ4n) is 5.45. The van der Waals surface area contributed by atoms with Crippen molar-refractivity contribution in [3.05, 3.63) is 165 Å². The molecule has 0 unspecified atom stereocenters. The second-order valence-corrected chi connectivity index (χ2v) is 9.98. The molecule has 0 atom stereocenters. The second-order valence-electron chi connectivity index (χ2n) is 9.98. The Kier molecular flexibility index (Phi) is 6.16. The highest BCUT2D eigenvalue weighted by molar-refractivity contribution is 6.30. The van der Waals surface area contributed by atoms with Crippen LogP contribution in [-0.4, -0.2) is 23.1 Å². The van der Waals surface area contributed by atoms with Crippen molar-refractivity contribution in [1.82, 2.24) is 0 Å². The van der Waals surface area contributed by atoms with Crippen molar-refractivity contribution in [2.45, 2.75) is 13.8 Å². The van der Waals surface area contributed by atoms with Gasteiger partial charge in [0.1, 0.15) is 0 Å². The fraction of sp³-hybridized carbons (Fsp3) is 0.0556. The molecule has 7 rings (SSSR count). The van der Waals surface area contributed by atoms with Crippen LogP contribution < -0.4 is 0 Å². The topological polar surface area (TPSA) is 68.3 Å². The molecule has 0 radical (unpaired) electrons. The van der Waals surface area contributed by atoms with Gasteiger partial charge in [-0.25, -0.2) is 0 Å². The summed E-state index contributed by atoms with van der Waals surface area (Å²) in [6.45, 7) is 3.74. The number of hydrogen-bond acceptors (Lipinski definition) is 4. The van der Waals surface area contributed by atoms with E-state index < -0.39 is 0 Å². The first-order valence-corrected chi connectivity index (χ1v) is 13.0. The molecule has 4 heteroatoms. The number of rotatable bonds is 1. The molecule has 0 saturated heterocycles. The molecule has 0 fully saturated rings. The van der Waals surface area contributed by atoms with Gasteiger partial charge in [-0.1, -0.05) is 97.1 Å². The van der Waals surface area contributed by atoms with Crippen molar-refractivity contribution in [3.63, 3.8) is 0 Å². The molecular weight excluding hydrogens is 496 g/mol. The van der Waals surface area contributed by atoms with E-state index in [-0.39, 0.29) is 23.1 Å². The van der Waals surface area contributed by atoms with Crippen molar-refractivity contribution in [2.75, 3.05) is 0 Å². The van der Waals surface area contributed by atoms with E-state index in [9.17, 15) is 19.2 Å². The van der Waals surface area contributed by atoms with Crippen molar-refractivity contribution >= 4 is 23.1 Å². The molecule has 4 nitrogen and oxygen atoms in total. The number of benzene rings is 5. The van der Waals surface area contributed by atoms with E-state index in [1.807, 2.05) is 68.4 Å². The van der Waals surface area contributed by atoms with Crippen LogP contribution in [0.5, 0.6) is 0 Å². The van der Waals surface area contributed by atoms with Crippen molar-refractivity contribution in [3.8, 4) is 11.1 Å². The quantitative estimate of drug-likeness (QED) is 0.229. The average molecular weight is 521 g/mol. The summed E-state index contributed by atoms with van der Waals surface area (Å²) in [6.07, 6.45) is 0. The summed E-state index contributed by atoms with van der Waals surface area (Å²) in [4.78, 5) is 50.2. The minimum atomic E-state index is -0.0806. The number of ketones is 4. The number of carbonyl (C=O) groups excluding carboxylic acids is 4. The van der Waals surface area contributed by atoms with Gasteiger partial charge in [0.25, 0.3) is 0 Å². The molecule has 192 valence electrons. The average Bonchev–Trinajstić information content (AvgIpc) is 3.00. The minimum Gasteiger partial charge on any atom is -0.289 e. The summed E-state index contributed by atoms with van der Waals surface area (Å²) in [5.41, 5.74) is 7.84. The number of aryl methyl sites for hydroxylation is 2. The molecule has 0 saturated carbocycles. The van der Waals surface area contributed by atoms with E-state index in [0.29, 0.717) is 44.5 Å². The smallest absolute Gasteiger partial charge is 0.194 e. The molecule has 0 N–H and O–H groups in total. The highest BCUT2D eigenvalue weighted by Crippen LogP contribution is 2.32. The van der Waals surface area contributed by atoms with E-state index in [0.717, 1.165) is 22.3 Å². The van der Waals surface area contributed by atoms with E-state index in [1.165, 1.54) is 0 Å². The Bertz CT molecular complexity index is 1820. The van der Waals surface area contributed by atoms with Crippen LogP contribution in [-0.2, 0) is 0 Å². The van der Waals surface area contributed by atoms with E-state index >= 15 is 0 Å². The molecule has 0 bridgehead atoms. The Morgan fingerprint density at radius 1 is 0.350 bits per heavy atom. The number of carbonyl (C=O) groups is 4. The monoisotopic (exact) mass is 520 g/mol. The van der Waals surface area contributed by atoms with Gasteiger partial charge in [0, 0.05) is 44.5 Å². The zero-order chi connectivity index (χ0) is 28.0. The lowest BCUT2D eigenvalue weighted by Gasteiger charge is -2.20. The van der Waals surface area contributed by atoms with Crippen LogP contribution in [0.15, 0.2) is 109 Å². The van der Waals surface area contributed by atoms with Crippen LogP contribution in [0.2, 0.25) is 0 Å². The molecule has 0 amide bonds. The van der Waals surface area contributed by atoms with Crippen LogP contribution in [0.3, 0.4) is 0 Å². The van der Waals surface area contributed by atoms with Gasteiger partial charge in [-0.3, -0.25) is 19.2 Å². The molecule has 0 spiro atoms. The molecule has 2 aliphatic carbocycles. The maximum absolute atomic E-state index is 12.7. The Morgan fingerprint density at radius 2 is 0.750 bits per heavy atom. The van der Waals surface area contributed by atoms with Crippen LogP contribution >= 0.6 is 0 Å². The van der Waals surface area contributed by atoms with E-state index in [2.05, 4.69) is 0 Å². The first-order valence-electron chi connectivity index (χ1n) is 13.0. The largest absolute Gasteiger partial charge is 0.289 e. The van der Waals surface area contributed by atoms with Gasteiger partial charge in [-0.05, 0) is 48.2 Å². The molecule has 5 aromatic rings. The zero-order valence-corrected chi connectivity index (χ0v) is 22.0. The van der Waals surface area contributed by atoms with Gasteiger partial charge in [-0.15, -0.1) is 0 Å². The van der Waals surface area contributed by atoms with E-state index in [1.54, 1.807) is 54.6 Å². The number of hydrogen-bond donors (Lipinski definition) is 0. The third kappa shape index (κ3) is 4.02. The molecule has 0 aromatic heterocycles. The first kappa shape index (κ1) is 25.1. The van der Waals surface area contributed by atoms with Crippen LogP contribution in [0.4, 0.5) is 0 Å². The normalized spacial score (nSPS) is 12.9. The van der Waals surface area contributed by atoms with Crippen molar-refractivity contribution in [2.24, 2.45) is 0 Å². The predicted octanol–water partition coefficient (Wildman–Crippen LogP) is 7.21. The summed E-state index contributed by atoms with van der Waals surface area (Å²) in [5.74, 6) is -0.240. The SMILES string of the molecule is Cc1ccc(C)c2c1C(=O)c1ccccc1C2=O.O=C1c2ccccc2C(=O)c2cc(-c3ccccc3)ccc21. The summed E-state index contributed by atoms with van der Waals surface area (Å²) >= 11 is 0. The molecule has 2 aliphatic rings. The molecular formula is C36H24O4. The van der Waals surface area contributed by atoms with Crippen LogP contribution in [0.25, 0.3) is 11.1 Å². The molecule has 5 aromatic carbocycles. The van der Waals surface area contributed by atoms with Gasteiger partial charge in [0.2, 0.25) is 0 Å². The third-order valence-electron chi connectivity index (χ3n) is 7.52. The Morgan fingerprint density at radius 3 is 1.25 bits per heavy atom. The van der Waals surface area contributed by atoms with Gasteiger partial charge >= 0.3 is 0 Å². The Hall–Kier alpha value is -5.22. The van der Waals surface area contributed by atoms with Gasteiger partial charge < -0.3 is 0 Å². The third-order valence-corrected chi connectivity index (χ3v) is 7.52. The summed E-state index contributed by atoms with van der Waals surface area (Å²) in [5, 5.41) is 0. The van der Waals surface area contributed by atoms with Crippen LogP contribution in [0.1, 0.15) is 74.8 Å². The van der Waals surface area contributed by atoms with Gasteiger partial charge in [-0.2, -0.15) is 0 Å².